The molecule has 0 radical (unpaired) electrons. The molecule has 0 saturated carbocycles. The van der Waals surface area contributed by atoms with Gasteiger partial charge in [-0.25, -0.2) is 12.7 Å². The summed E-state index contributed by atoms with van der Waals surface area (Å²) < 4.78 is 25.7. The van der Waals surface area contributed by atoms with E-state index in [2.05, 4.69) is 25.9 Å². The van der Waals surface area contributed by atoms with E-state index in [1.165, 1.54) is 15.2 Å². The van der Waals surface area contributed by atoms with Crippen LogP contribution >= 0.6 is 0 Å². The summed E-state index contributed by atoms with van der Waals surface area (Å²) in [6.07, 6.45) is 2.75. The van der Waals surface area contributed by atoms with Gasteiger partial charge in [0.15, 0.2) is 5.65 Å². The molecular weight excluding hydrogens is 282 g/mol. The smallest absolute Gasteiger partial charge is 0.211 e. The molecule has 9 nitrogen and oxygen atoms in total. The van der Waals surface area contributed by atoms with E-state index in [9.17, 15) is 8.42 Å². The topological polar surface area (TPSA) is 105 Å². The van der Waals surface area contributed by atoms with Crippen LogP contribution in [0.1, 0.15) is 12.8 Å². The summed E-state index contributed by atoms with van der Waals surface area (Å²) in [4.78, 5) is 0. The Labute approximate surface area is 116 Å². The first-order chi connectivity index (χ1) is 9.52. The molecule has 3 heterocycles. The zero-order chi connectivity index (χ0) is 14.2. The molecule has 1 aliphatic heterocycles. The summed E-state index contributed by atoms with van der Waals surface area (Å²) in [5.74, 6) is 0.683. The van der Waals surface area contributed by atoms with Crippen molar-refractivity contribution in [2.45, 2.75) is 18.9 Å². The number of nitrogens with one attached hydrogen (secondary N) is 1. The first kappa shape index (κ1) is 13.2. The molecule has 0 spiro atoms. The van der Waals surface area contributed by atoms with Crippen LogP contribution in [0.3, 0.4) is 0 Å². The highest BCUT2D eigenvalue weighted by Crippen LogP contribution is 2.16. The molecule has 108 valence electrons. The van der Waals surface area contributed by atoms with Crippen LogP contribution in [-0.4, -0.2) is 63.4 Å². The summed E-state index contributed by atoms with van der Waals surface area (Å²) in [5, 5.41) is 18.6. The van der Waals surface area contributed by atoms with E-state index >= 15 is 0 Å². The minimum Gasteiger partial charge on any atom is -0.366 e. The van der Waals surface area contributed by atoms with Gasteiger partial charge in [0.05, 0.1) is 6.26 Å². The Morgan fingerprint density at radius 3 is 2.75 bits per heavy atom. The molecule has 3 rings (SSSR count). The summed E-state index contributed by atoms with van der Waals surface area (Å²) >= 11 is 0. The number of nitrogens with zero attached hydrogens (tertiary/aromatic N) is 6. The van der Waals surface area contributed by atoms with Crippen molar-refractivity contribution in [2.24, 2.45) is 0 Å². The standard InChI is InChI=1S/C10H15N7O2S/c1-20(18,19)16-6-4-8(5-7-16)11-9-2-3-10-12-14-15-17(10)13-9/h2-3,8H,4-7H2,1H3,(H,11,13). The van der Waals surface area contributed by atoms with Crippen molar-refractivity contribution in [2.75, 3.05) is 24.7 Å². The molecule has 1 saturated heterocycles. The van der Waals surface area contributed by atoms with Gasteiger partial charge in [0.1, 0.15) is 5.82 Å². The van der Waals surface area contributed by atoms with Gasteiger partial charge in [-0.15, -0.1) is 14.8 Å². The van der Waals surface area contributed by atoms with E-state index in [0.29, 0.717) is 24.6 Å². The van der Waals surface area contributed by atoms with E-state index in [-0.39, 0.29) is 6.04 Å². The first-order valence-corrected chi connectivity index (χ1v) is 8.14. The molecule has 2 aromatic heterocycles. The van der Waals surface area contributed by atoms with Gasteiger partial charge in [-0.05, 0) is 35.4 Å². The quantitative estimate of drug-likeness (QED) is 0.803. The maximum Gasteiger partial charge on any atom is 0.211 e. The zero-order valence-corrected chi connectivity index (χ0v) is 11.8. The summed E-state index contributed by atoms with van der Waals surface area (Å²) in [7, 11) is -3.08. The van der Waals surface area contributed by atoms with Crippen LogP contribution in [-0.2, 0) is 10.0 Å². The maximum absolute atomic E-state index is 11.4. The molecule has 0 aromatic carbocycles. The molecule has 10 heteroatoms. The Hall–Kier alpha value is -1.81. The lowest BCUT2D eigenvalue weighted by molar-refractivity contribution is 0.331. The second-order valence-corrected chi connectivity index (χ2v) is 6.81. The normalized spacial score (nSPS) is 18.4. The van der Waals surface area contributed by atoms with Crippen LogP contribution in [0.5, 0.6) is 0 Å². The molecule has 2 aromatic rings. The minimum atomic E-state index is -3.08. The van der Waals surface area contributed by atoms with Gasteiger partial charge in [-0.3, -0.25) is 0 Å². The molecule has 1 fully saturated rings. The van der Waals surface area contributed by atoms with Crippen LogP contribution in [0.4, 0.5) is 5.82 Å². The molecule has 0 bridgehead atoms. The highest BCUT2D eigenvalue weighted by molar-refractivity contribution is 7.88. The SMILES string of the molecule is CS(=O)(=O)N1CCC(Nc2ccc3nnnn3n2)CC1. The number of hydrogen-bond acceptors (Lipinski definition) is 7. The highest BCUT2D eigenvalue weighted by Gasteiger charge is 2.24. The summed E-state index contributed by atoms with van der Waals surface area (Å²) in [5.41, 5.74) is 0.586. The molecule has 1 aliphatic rings. The zero-order valence-electron chi connectivity index (χ0n) is 11.0. The van der Waals surface area contributed by atoms with Crippen molar-refractivity contribution in [3.8, 4) is 0 Å². The highest BCUT2D eigenvalue weighted by atomic mass is 32.2. The largest absolute Gasteiger partial charge is 0.366 e. The van der Waals surface area contributed by atoms with Crippen LogP contribution in [0, 0.1) is 0 Å². The molecule has 1 N–H and O–H groups in total. The Morgan fingerprint density at radius 1 is 1.30 bits per heavy atom. The number of sulfonamides is 1. The predicted octanol–water partition coefficient (Wildman–Crippen LogP) is -0.645. The second kappa shape index (κ2) is 4.94. The lowest BCUT2D eigenvalue weighted by Crippen LogP contribution is -2.41. The van der Waals surface area contributed by atoms with Gasteiger partial charge in [0.2, 0.25) is 10.0 Å². The van der Waals surface area contributed by atoms with Crippen molar-refractivity contribution in [1.82, 2.24) is 29.6 Å². The van der Waals surface area contributed by atoms with Crippen LogP contribution in [0.15, 0.2) is 12.1 Å². The average molecular weight is 297 g/mol. The lowest BCUT2D eigenvalue weighted by atomic mass is 10.1. The van der Waals surface area contributed by atoms with Crippen LogP contribution in [0.2, 0.25) is 0 Å². The van der Waals surface area contributed by atoms with E-state index < -0.39 is 10.0 Å². The van der Waals surface area contributed by atoms with Gasteiger partial charge in [-0.1, -0.05) is 0 Å². The van der Waals surface area contributed by atoms with Crippen molar-refractivity contribution in [1.29, 1.82) is 0 Å². The lowest BCUT2D eigenvalue weighted by Gasteiger charge is -2.30. The molecule has 0 unspecified atom stereocenters. The summed E-state index contributed by atoms with van der Waals surface area (Å²) in [6.45, 7) is 1.06. The molecule has 20 heavy (non-hydrogen) atoms. The third-order valence-electron chi connectivity index (χ3n) is 3.34. The van der Waals surface area contributed by atoms with Crippen molar-refractivity contribution >= 4 is 21.5 Å². The van der Waals surface area contributed by atoms with Gasteiger partial charge < -0.3 is 5.32 Å². The van der Waals surface area contributed by atoms with Crippen molar-refractivity contribution in [3.63, 3.8) is 0 Å². The van der Waals surface area contributed by atoms with Gasteiger partial charge >= 0.3 is 0 Å². The van der Waals surface area contributed by atoms with E-state index in [1.807, 2.05) is 6.07 Å². The Balaban J connectivity index is 1.64. The Bertz CT molecular complexity index is 705. The van der Waals surface area contributed by atoms with Crippen molar-refractivity contribution < 1.29 is 8.42 Å². The number of tetrazole rings is 1. The molecule has 0 amide bonds. The molecular formula is C10H15N7O2S. The average Bonchev–Trinajstić information content (AvgIpc) is 2.86. The number of anilines is 1. The number of rotatable bonds is 3. The minimum absolute atomic E-state index is 0.203. The Morgan fingerprint density at radius 2 is 2.05 bits per heavy atom. The predicted molar refractivity (Wildman–Crippen MR) is 71.6 cm³/mol. The van der Waals surface area contributed by atoms with Gasteiger partial charge in [0.25, 0.3) is 0 Å². The second-order valence-electron chi connectivity index (χ2n) is 4.83. The van der Waals surface area contributed by atoms with Crippen LogP contribution in [0.25, 0.3) is 5.65 Å². The fourth-order valence-electron chi connectivity index (χ4n) is 2.27. The van der Waals surface area contributed by atoms with E-state index in [0.717, 1.165) is 12.8 Å². The maximum atomic E-state index is 11.4. The molecule has 0 aliphatic carbocycles. The summed E-state index contributed by atoms with van der Waals surface area (Å²) in [6, 6.07) is 3.80. The fraction of sp³-hybridized carbons (Fsp3) is 0.600. The van der Waals surface area contributed by atoms with Gasteiger partial charge in [-0.2, -0.15) is 0 Å². The van der Waals surface area contributed by atoms with E-state index in [4.69, 9.17) is 0 Å². The monoisotopic (exact) mass is 297 g/mol. The number of fused-ring (bicyclic) bond motifs is 1. The Kier molecular flexibility index (Phi) is 3.26. The molecule has 0 atom stereocenters. The number of aromatic nitrogens is 5. The van der Waals surface area contributed by atoms with Crippen LogP contribution < -0.4 is 5.32 Å². The van der Waals surface area contributed by atoms with Crippen molar-refractivity contribution in [3.05, 3.63) is 12.1 Å². The van der Waals surface area contributed by atoms with E-state index in [1.54, 1.807) is 6.07 Å². The third-order valence-corrected chi connectivity index (χ3v) is 4.65. The fourth-order valence-corrected chi connectivity index (χ4v) is 3.14. The first-order valence-electron chi connectivity index (χ1n) is 6.29. The van der Waals surface area contributed by atoms with Gasteiger partial charge in [0, 0.05) is 19.1 Å². The number of piperidine rings is 1. The number of hydrogen-bond donors (Lipinski definition) is 1. The third kappa shape index (κ3) is 2.70.